The van der Waals surface area contributed by atoms with Gasteiger partial charge in [0.1, 0.15) is 22.9 Å². The molecule has 3 aliphatic heterocycles. The Kier molecular flexibility index (Phi) is 8.13. The largest absolute Gasteiger partial charge is 0.438 e. The normalized spacial score (nSPS) is 23.9. The summed E-state index contributed by atoms with van der Waals surface area (Å²) in [6.07, 6.45) is 11.0. The van der Waals surface area contributed by atoms with Crippen LogP contribution in [0.25, 0.3) is 39.0 Å². The number of carbonyl (C=O) groups is 1. The van der Waals surface area contributed by atoms with Gasteiger partial charge in [0.25, 0.3) is 5.91 Å². The lowest BCUT2D eigenvalue weighted by Gasteiger charge is -2.35. The molecule has 1 amide bonds. The van der Waals surface area contributed by atoms with Crippen LogP contribution in [0.15, 0.2) is 81.2 Å². The van der Waals surface area contributed by atoms with E-state index in [4.69, 9.17) is 14.4 Å². The first-order valence-corrected chi connectivity index (χ1v) is 22.8. The Morgan fingerprint density at radius 1 is 0.924 bits per heavy atom. The maximum absolute atomic E-state index is 16.2. The first kappa shape index (κ1) is 39.5. The van der Waals surface area contributed by atoms with Crippen molar-refractivity contribution in [1.82, 2.24) is 48.3 Å². The van der Waals surface area contributed by atoms with Gasteiger partial charge >= 0.3 is 11.4 Å². The number of benzene rings is 3. The number of aromatic nitrogens is 9. The lowest BCUT2D eigenvalue weighted by atomic mass is 9.87. The number of halogens is 2. The third kappa shape index (κ3) is 5.48. The number of amides is 1. The van der Waals surface area contributed by atoms with E-state index >= 15 is 13.6 Å². The van der Waals surface area contributed by atoms with Crippen LogP contribution >= 0.6 is 0 Å². The smallest absolute Gasteiger partial charge is 0.375 e. The molecule has 2 saturated carbocycles. The molecule has 66 heavy (non-hydrogen) atoms. The fourth-order valence-corrected chi connectivity index (χ4v) is 12.0. The van der Waals surface area contributed by atoms with Crippen LogP contribution in [0.4, 0.5) is 8.78 Å². The molecule has 4 fully saturated rings. The lowest BCUT2D eigenvalue weighted by molar-refractivity contribution is -0.0132. The van der Waals surface area contributed by atoms with Crippen molar-refractivity contribution in [3.05, 3.63) is 139 Å². The molecule has 8 heterocycles. The first-order chi connectivity index (χ1) is 31.8. The van der Waals surface area contributed by atoms with Gasteiger partial charge in [-0.3, -0.25) is 28.1 Å². The van der Waals surface area contributed by atoms with Gasteiger partial charge in [0.05, 0.1) is 45.8 Å². The Labute approximate surface area is 375 Å². The minimum absolute atomic E-state index is 0.0111. The summed E-state index contributed by atoms with van der Waals surface area (Å²) >= 11 is 0. The van der Waals surface area contributed by atoms with E-state index in [0.717, 1.165) is 48.9 Å². The maximum Gasteiger partial charge on any atom is 0.438 e. The van der Waals surface area contributed by atoms with Crippen LogP contribution in [0.2, 0.25) is 0 Å². The number of aromatic amines is 1. The van der Waals surface area contributed by atoms with E-state index < -0.39 is 28.8 Å². The molecular formula is C49H46F2N10O5. The number of hydrogen-bond donors (Lipinski definition) is 1. The quantitative estimate of drug-likeness (QED) is 0.174. The summed E-state index contributed by atoms with van der Waals surface area (Å²) in [4.78, 5) is 47.8. The van der Waals surface area contributed by atoms with Crippen molar-refractivity contribution in [2.24, 2.45) is 13.0 Å². The second-order valence-corrected chi connectivity index (χ2v) is 19.5. The number of nitrogens with one attached hydrogen (secondary N) is 1. The number of imidazole rings is 1. The van der Waals surface area contributed by atoms with E-state index in [0.29, 0.717) is 76.8 Å². The second-order valence-electron chi connectivity index (χ2n) is 19.5. The summed E-state index contributed by atoms with van der Waals surface area (Å²) in [6.45, 7) is 6.18. The van der Waals surface area contributed by atoms with Gasteiger partial charge in [-0.1, -0.05) is 18.1 Å². The van der Waals surface area contributed by atoms with E-state index in [2.05, 4.69) is 44.9 Å². The lowest BCUT2D eigenvalue weighted by Crippen LogP contribution is -2.43. The SMILES string of the molecule is Cc1cc(-n2nc3c(c2-n2ccn(-c4ccc5c(cnn5C)c4F)c2=O)[C@@H]2CC[C@H](C3)N2C(=O)c2cc3cc(C4CCOC5(CC5)C4)ccc3n2[C@@]2(c3noc(=O)[nH]3)C[C@@H]2C)cc(C)c1F. The highest BCUT2D eigenvalue weighted by atomic mass is 19.1. The van der Waals surface area contributed by atoms with Crippen molar-refractivity contribution >= 4 is 27.7 Å². The number of rotatable bonds is 7. The Balaban J connectivity index is 0.969. The molecule has 13 rings (SSSR count). The summed E-state index contributed by atoms with van der Waals surface area (Å²) in [6, 6.07) is 14.4. The van der Waals surface area contributed by atoms with Gasteiger partial charge in [0.15, 0.2) is 11.6 Å². The van der Waals surface area contributed by atoms with Crippen LogP contribution in [0, 0.1) is 31.4 Å². The van der Waals surface area contributed by atoms with Gasteiger partial charge in [-0.05, 0) is 130 Å². The number of H-pyrrole nitrogens is 1. The highest BCUT2D eigenvalue weighted by Gasteiger charge is 2.60. The zero-order chi connectivity index (χ0) is 45.1. The molecule has 336 valence electrons. The van der Waals surface area contributed by atoms with Gasteiger partial charge in [-0.25, -0.2) is 23.1 Å². The van der Waals surface area contributed by atoms with Crippen LogP contribution in [-0.2, 0) is 23.7 Å². The van der Waals surface area contributed by atoms with Crippen molar-refractivity contribution in [1.29, 1.82) is 0 Å². The molecule has 2 aliphatic carbocycles. The van der Waals surface area contributed by atoms with E-state index in [1.165, 1.54) is 27.1 Å². The molecule has 15 nitrogen and oxygen atoms in total. The number of aryl methyl sites for hydroxylation is 3. The minimum Gasteiger partial charge on any atom is -0.375 e. The summed E-state index contributed by atoms with van der Waals surface area (Å²) < 4.78 is 50.7. The van der Waals surface area contributed by atoms with E-state index in [1.807, 2.05) is 11.0 Å². The minimum atomic E-state index is -0.837. The number of hydrogen-bond acceptors (Lipinski definition) is 8. The fraction of sp³-hybridized carbons (Fsp3) is 0.388. The molecule has 5 aromatic heterocycles. The standard InChI is InChI=1S/C49H46F2N10O5/c1-25-17-32(18-26(2)41(25)50)61-43(58-15-14-57(47(58)64)38-10-9-36-33(42(38)51)24-52-56(36)4)40-34(54-61)21-31-6-8-37(40)59(31)44(62)39-20-30-19-28(29-11-16-65-48(23-29)12-13-48)5-7-35(30)60(39)49(22-27(49)3)45-53-46(63)66-55-45/h5,7,9-10,14-15,17-20,24,27,29,31,37H,6,8,11-13,16,21-23H2,1-4H3,(H,53,55,63)/t27-,29?,31+,37-,49-/m0/s1. The average molecular weight is 893 g/mol. The Morgan fingerprint density at radius 3 is 2.44 bits per heavy atom. The molecule has 1 spiro atoms. The predicted molar refractivity (Wildman–Crippen MR) is 238 cm³/mol. The molecule has 3 aromatic carbocycles. The van der Waals surface area contributed by atoms with Crippen molar-refractivity contribution < 1.29 is 22.8 Å². The van der Waals surface area contributed by atoms with E-state index in [-0.39, 0.29) is 40.4 Å². The van der Waals surface area contributed by atoms with Gasteiger partial charge < -0.3 is 14.2 Å². The monoisotopic (exact) mass is 892 g/mol. The van der Waals surface area contributed by atoms with Crippen LogP contribution in [0.1, 0.15) is 108 Å². The van der Waals surface area contributed by atoms with Gasteiger partial charge in [0.2, 0.25) is 0 Å². The topological polar surface area (TPSA) is 156 Å². The first-order valence-electron chi connectivity index (χ1n) is 22.8. The molecule has 2 bridgehead atoms. The van der Waals surface area contributed by atoms with E-state index in [1.54, 1.807) is 60.7 Å². The number of ether oxygens (including phenoxy) is 1. The Bertz CT molecular complexity index is 3490. The summed E-state index contributed by atoms with van der Waals surface area (Å²) in [7, 11) is 1.73. The molecule has 17 heteroatoms. The third-order valence-electron chi connectivity index (χ3n) is 15.6. The average Bonchev–Trinajstić information content (AvgIpc) is 3.70. The predicted octanol–water partition coefficient (Wildman–Crippen LogP) is 7.34. The maximum atomic E-state index is 16.2. The zero-order valence-corrected chi connectivity index (χ0v) is 36.8. The fourth-order valence-electron chi connectivity index (χ4n) is 12.0. The van der Waals surface area contributed by atoms with Crippen LogP contribution < -0.4 is 11.4 Å². The molecule has 1 N–H and O–H groups in total. The Morgan fingerprint density at radius 2 is 1.70 bits per heavy atom. The van der Waals surface area contributed by atoms with Crippen molar-refractivity contribution in [3.8, 4) is 17.2 Å². The van der Waals surface area contributed by atoms with E-state index in [9.17, 15) is 9.59 Å². The van der Waals surface area contributed by atoms with Gasteiger partial charge in [-0.2, -0.15) is 10.2 Å². The second kappa shape index (κ2) is 13.6. The highest BCUT2D eigenvalue weighted by Crippen LogP contribution is 2.57. The van der Waals surface area contributed by atoms with Crippen LogP contribution in [0.5, 0.6) is 0 Å². The van der Waals surface area contributed by atoms with Crippen molar-refractivity contribution in [2.45, 2.75) is 101 Å². The molecule has 1 unspecified atom stereocenters. The molecule has 0 radical (unpaired) electrons. The zero-order valence-electron chi connectivity index (χ0n) is 36.8. The highest BCUT2D eigenvalue weighted by molar-refractivity contribution is 6.00. The molecule has 5 aliphatic rings. The number of nitrogens with zero attached hydrogens (tertiary/aromatic N) is 9. The number of fused-ring (bicyclic) bond motifs is 6. The summed E-state index contributed by atoms with van der Waals surface area (Å²) in [5.74, 6) is -0.659. The van der Waals surface area contributed by atoms with Crippen molar-refractivity contribution in [2.75, 3.05) is 6.61 Å². The van der Waals surface area contributed by atoms with Gasteiger partial charge in [-0.15, -0.1) is 0 Å². The van der Waals surface area contributed by atoms with Crippen LogP contribution in [-0.4, -0.2) is 72.5 Å². The third-order valence-corrected chi connectivity index (χ3v) is 15.6. The van der Waals surface area contributed by atoms with Crippen molar-refractivity contribution in [3.63, 3.8) is 0 Å². The summed E-state index contributed by atoms with van der Waals surface area (Å²) in [5, 5.41) is 14.8. The molecule has 2 saturated heterocycles. The summed E-state index contributed by atoms with van der Waals surface area (Å²) in [5.41, 5.74) is 4.58. The number of carbonyl (C=O) groups excluding carboxylic acids is 1. The molecule has 8 aromatic rings. The molecule has 5 atom stereocenters. The van der Waals surface area contributed by atoms with Gasteiger partial charge in [0, 0.05) is 55.0 Å². The Hall–Kier alpha value is -6.88. The van der Waals surface area contributed by atoms with Crippen LogP contribution in [0.3, 0.4) is 0 Å². The molecular weight excluding hydrogens is 847 g/mol.